The lowest BCUT2D eigenvalue weighted by atomic mass is 9.99. The van der Waals surface area contributed by atoms with E-state index >= 15 is 0 Å². The molecule has 7 heterocycles. The summed E-state index contributed by atoms with van der Waals surface area (Å²) < 4.78 is 4.90. The van der Waals surface area contributed by atoms with Gasteiger partial charge in [-0.1, -0.05) is 206 Å². The lowest BCUT2D eigenvalue weighted by Crippen LogP contribution is -2.10. The third kappa shape index (κ3) is 8.90. The summed E-state index contributed by atoms with van der Waals surface area (Å²) in [6.45, 7) is 0. The van der Waals surface area contributed by atoms with Crippen molar-refractivity contribution in [1.29, 1.82) is 0 Å². The maximum Gasteiger partial charge on any atom is 0.145 e. The standard InChI is InChI=1S/C90H58N10/c1-11-31-59(32-12-1)81-82(60-33-13-2-14-34-60)94-84-80-78-54-70(96(63-39-19-5-20-40-63)64-41-21-6-22-42-64)52-74-76-56-72(98(67-47-27-9-28-48-67)68-49-29-10-30-50-68)58-92-90(76)100(86(74)78)88(80)87-79(83(84)93-81)77-53-69(95(61-35-15-3-16-36-61)62-37-17-4-18-38-62)51-73-75-55-71(57-91-89(75)99(87)85(73)77)97(65-43-23-7-24-44-65)66-45-25-8-26-46-66/h1-58H. The predicted molar refractivity (Wildman–Crippen MR) is 414 cm³/mol. The summed E-state index contributed by atoms with van der Waals surface area (Å²) in [5.74, 6) is 0. The van der Waals surface area contributed by atoms with E-state index in [1.54, 1.807) is 0 Å². The molecule has 0 bridgehead atoms. The van der Waals surface area contributed by atoms with Crippen molar-refractivity contribution in [2.45, 2.75) is 0 Å². The molecule has 0 atom stereocenters. The van der Waals surface area contributed by atoms with Gasteiger partial charge in [0.25, 0.3) is 0 Å². The molecule has 13 aromatic carbocycles. The SMILES string of the molecule is c1ccc(-c2nc3c(nc2-c2ccccc2)c2c4cc(N(c5ccccc5)c5ccccc5)cc5c6cc(N(c7ccccc7)c7ccccc7)cnc6n(c54)c2c2c3c3cc(N(c4ccccc4)c4ccccc4)cc4c5cc(N(c6ccccc6)c6ccccc6)cnc5n2c43)cc1. The number of para-hydroxylation sites is 8. The molecule has 0 aliphatic carbocycles. The Morgan fingerprint density at radius 3 is 0.710 bits per heavy atom. The largest absolute Gasteiger partial charge is 0.310 e. The molecule has 20 rings (SSSR count). The first-order chi connectivity index (χ1) is 49.7. The fourth-order valence-corrected chi connectivity index (χ4v) is 15.5. The van der Waals surface area contributed by atoms with Crippen molar-refractivity contribution < 1.29 is 0 Å². The maximum atomic E-state index is 6.15. The Kier molecular flexibility index (Phi) is 13.0. The minimum atomic E-state index is 0.776. The number of hydrogen-bond acceptors (Lipinski definition) is 8. The quantitative estimate of drug-likeness (QED) is 0.107. The highest BCUT2D eigenvalue weighted by molar-refractivity contribution is 6.40. The van der Waals surface area contributed by atoms with Gasteiger partial charge in [-0.2, -0.15) is 0 Å². The second-order valence-electron chi connectivity index (χ2n) is 25.4. The molecule has 20 aromatic rings. The molecular formula is C90H58N10. The van der Waals surface area contributed by atoms with E-state index in [0.717, 1.165) is 178 Å². The van der Waals surface area contributed by atoms with Crippen LogP contribution in [-0.2, 0) is 0 Å². The Labute approximate surface area is 575 Å². The van der Waals surface area contributed by atoms with Gasteiger partial charge in [-0.05, 0) is 133 Å². The van der Waals surface area contributed by atoms with Crippen LogP contribution in [-0.4, -0.2) is 28.7 Å². The molecule has 10 nitrogen and oxygen atoms in total. The van der Waals surface area contributed by atoms with Crippen molar-refractivity contribution >= 4 is 156 Å². The number of hydrogen-bond donors (Lipinski definition) is 0. The summed E-state index contributed by atoms with van der Waals surface area (Å²) in [5.41, 5.74) is 22.6. The van der Waals surface area contributed by atoms with Crippen molar-refractivity contribution in [3.8, 4) is 22.5 Å². The van der Waals surface area contributed by atoms with Crippen molar-refractivity contribution in [2.75, 3.05) is 19.6 Å². The number of aromatic nitrogens is 6. The summed E-state index contributed by atoms with van der Waals surface area (Å²) in [5, 5.41) is 8.00. The highest BCUT2D eigenvalue weighted by atomic mass is 15.2. The first-order valence-electron chi connectivity index (χ1n) is 33.8. The zero-order chi connectivity index (χ0) is 65.8. The summed E-state index contributed by atoms with van der Waals surface area (Å²) in [6, 6.07) is 121. The van der Waals surface area contributed by atoms with Gasteiger partial charge in [-0.3, -0.25) is 8.80 Å². The van der Waals surface area contributed by atoms with Crippen LogP contribution in [0.4, 0.5) is 68.2 Å². The van der Waals surface area contributed by atoms with E-state index in [1.165, 1.54) is 0 Å². The first kappa shape index (κ1) is 56.6. The second-order valence-corrected chi connectivity index (χ2v) is 25.4. The van der Waals surface area contributed by atoms with Crippen LogP contribution in [0.25, 0.3) is 110 Å². The minimum absolute atomic E-state index is 0.776. The molecule has 0 fully saturated rings. The van der Waals surface area contributed by atoms with E-state index in [1.807, 2.05) is 12.4 Å². The predicted octanol–water partition coefficient (Wildman–Crippen LogP) is 23.9. The Morgan fingerprint density at radius 1 is 0.210 bits per heavy atom. The van der Waals surface area contributed by atoms with Gasteiger partial charge in [0.15, 0.2) is 0 Å². The molecule has 7 aromatic heterocycles. The van der Waals surface area contributed by atoms with Gasteiger partial charge >= 0.3 is 0 Å². The molecule has 0 saturated heterocycles. The molecule has 0 unspecified atom stereocenters. The fraction of sp³-hybridized carbons (Fsp3) is 0. The van der Waals surface area contributed by atoms with Crippen LogP contribution in [0.2, 0.25) is 0 Å². The Balaban J connectivity index is 1.01. The molecule has 0 aliphatic heterocycles. The van der Waals surface area contributed by atoms with Crippen LogP contribution >= 0.6 is 0 Å². The number of fused-ring (bicyclic) bond motifs is 16. The molecule has 100 heavy (non-hydrogen) atoms. The number of pyridine rings is 2. The van der Waals surface area contributed by atoms with Crippen LogP contribution in [0.5, 0.6) is 0 Å². The van der Waals surface area contributed by atoms with E-state index in [9.17, 15) is 0 Å². The van der Waals surface area contributed by atoms with E-state index < -0.39 is 0 Å². The molecule has 0 N–H and O–H groups in total. The lowest BCUT2D eigenvalue weighted by Gasteiger charge is -2.26. The monoisotopic (exact) mass is 1280 g/mol. The molecule has 0 aliphatic rings. The van der Waals surface area contributed by atoms with Crippen LogP contribution in [0.15, 0.2) is 352 Å². The molecule has 10 heteroatoms. The Bertz CT molecular complexity index is 5870. The Hall–Kier alpha value is -13.7. The number of benzene rings is 13. The smallest absolute Gasteiger partial charge is 0.145 e. The van der Waals surface area contributed by atoms with Gasteiger partial charge in [0.05, 0.1) is 57.2 Å². The van der Waals surface area contributed by atoms with Crippen molar-refractivity contribution in [2.24, 2.45) is 0 Å². The Morgan fingerprint density at radius 2 is 0.440 bits per heavy atom. The summed E-state index contributed by atoms with van der Waals surface area (Å²) in [4.78, 5) is 33.2. The third-order valence-electron chi connectivity index (χ3n) is 19.6. The number of rotatable bonds is 14. The zero-order valence-corrected chi connectivity index (χ0v) is 54.0. The lowest BCUT2D eigenvalue weighted by molar-refractivity contribution is 1.21. The molecule has 0 saturated carbocycles. The second kappa shape index (κ2) is 23.0. The summed E-state index contributed by atoms with van der Waals surface area (Å²) in [7, 11) is 0. The molecular weight excluding hydrogens is 1220 g/mol. The zero-order valence-electron chi connectivity index (χ0n) is 54.0. The summed E-state index contributed by atoms with van der Waals surface area (Å²) >= 11 is 0. The average molecular weight is 1280 g/mol. The van der Waals surface area contributed by atoms with E-state index in [-0.39, 0.29) is 0 Å². The normalized spacial score (nSPS) is 11.8. The van der Waals surface area contributed by atoms with Crippen molar-refractivity contribution in [3.63, 3.8) is 0 Å². The third-order valence-corrected chi connectivity index (χ3v) is 19.6. The maximum absolute atomic E-state index is 6.15. The molecule has 0 amide bonds. The van der Waals surface area contributed by atoms with Gasteiger partial charge in [0.1, 0.15) is 22.3 Å². The van der Waals surface area contributed by atoms with Crippen LogP contribution < -0.4 is 19.6 Å². The number of anilines is 12. The van der Waals surface area contributed by atoms with E-state index in [0.29, 0.717) is 0 Å². The average Bonchev–Trinajstić information content (AvgIpc) is 1.49. The molecule has 0 spiro atoms. The summed E-state index contributed by atoms with van der Waals surface area (Å²) in [6.07, 6.45) is 4.09. The minimum Gasteiger partial charge on any atom is -0.310 e. The fourth-order valence-electron chi connectivity index (χ4n) is 15.5. The van der Waals surface area contributed by atoms with Gasteiger partial charge in [0.2, 0.25) is 0 Å². The van der Waals surface area contributed by atoms with Crippen LogP contribution in [0, 0.1) is 0 Å². The first-order valence-corrected chi connectivity index (χ1v) is 33.8. The van der Waals surface area contributed by atoms with E-state index in [4.69, 9.17) is 19.9 Å². The molecule has 468 valence electrons. The van der Waals surface area contributed by atoms with Gasteiger partial charge in [-0.15, -0.1) is 0 Å². The van der Waals surface area contributed by atoms with Crippen molar-refractivity contribution in [1.82, 2.24) is 28.7 Å². The van der Waals surface area contributed by atoms with E-state index in [2.05, 4.69) is 368 Å². The van der Waals surface area contributed by atoms with Crippen LogP contribution in [0.3, 0.4) is 0 Å². The van der Waals surface area contributed by atoms with Crippen LogP contribution in [0.1, 0.15) is 0 Å². The van der Waals surface area contributed by atoms with Gasteiger partial charge < -0.3 is 19.6 Å². The molecule has 0 radical (unpaired) electrons. The van der Waals surface area contributed by atoms with Gasteiger partial charge in [0, 0.05) is 111 Å². The highest BCUT2D eigenvalue weighted by Crippen LogP contribution is 2.54. The highest BCUT2D eigenvalue weighted by Gasteiger charge is 2.33. The topological polar surface area (TPSA) is 73.3 Å². The van der Waals surface area contributed by atoms with Gasteiger partial charge in [-0.25, -0.2) is 19.9 Å². The van der Waals surface area contributed by atoms with Crippen molar-refractivity contribution in [3.05, 3.63) is 352 Å². The number of nitrogens with zero attached hydrogens (tertiary/aromatic N) is 10.